The Hall–Kier alpha value is -3.12. The molecule has 0 heterocycles. The van der Waals surface area contributed by atoms with E-state index in [1.54, 1.807) is 36.4 Å². The Labute approximate surface area is 138 Å². The van der Waals surface area contributed by atoms with Crippen molar-refractivity contribution in [1.29, 1.82) is 10.5 Å². The Bertz CT molecular complexity index is 808. The van der Waals surface area contributed by atoms with Gasteiger partial charge in [-0.05, 0) is 18.6 Å². The molecular formula is C18H15F2N3O. The van der Waals surface area contributed by atoms with Gasteiger partial charge >= 0.3 is 0 Å². The van der Waals surface area contributed by atoms with Crippen molar-refractivity contribution >= 4 is 11.4 Å². The predicted molar refractivity (Wildman–Crippen MR) is 85.9 cm³/mol. The first-order valence-electron chi connectivity index (χ1n) is 7.44. The predicted octanol–water partition coefficient (Wildman–Crippen LogP) is 4.63. The van der Waals surface area contributed by atoms with E-state index < -0.39 is 22.8 Å². The number of benzene rings is 2. The van der Waals surface area contributed by atoms with Crippen LogP contribution in [0.25, 0.3) is 0 Å². The number of nitrogens with zero attached hydrogens (tertiary/aromatic N) is 2. The summed E-state index contributed by atoms with van der Waals surface area (Å²) < 4.78 is 34.6. The zero-order chi connectivity index (χ0) is 17.5. The van der Waals surface area contributed by atoms with Crippen LogP contribution in [0.3, 0.4) is 0 Å². The molecule has 2 aromatic carbocycles. The number of ether oxygens (including phenoxy) is 1. The van der Waals surface area contributed by atoms with Crippen LogP contribution >= 0.6 is 0 Å². The van der Waals surface area contributed by atoms with Crippen LogP contribution < -0.4 is 10.1 Å². The number of nitrogens with one attached hydrogen (secondary N) is 1. The second kappa shape index (κ2) is 7.94. The van der Waals surface area contributed by atoms with Gasteiger partial charge in [0, 0.05) is 5.69 Å². The maximum Gasteiger partial charge on any atom is 0.186 e. The average Bonchev–Trinajstić information content (AvgIpc) is 2.61. The maximum atomic E-state index is 14.7. The lowest BCUT2D eigenvalue weighted by Crippen LogP contribution is -2.08. The monoisotopic (exact) mass is 327 g/mol. The number of hydrogen-bond donors (Lipinski definition) is 1. The van der Waals surface area contributed by atoms with Crippen LogP contribution in [0.5, 0.6) is 5.75 Å². The highest BCUT2D eigenvalue weighted by Crippen LogP contribution is 2.38. The summed E-state index contributed by atoms with van der Waals surface area (Å²) in [7, 11) is 0. The minimum absolute atomic E-state index is 0.174. The van der Waals surface area contributed by atoms with Crippen molar-refractivity contribution in [3.63, 3.8) is 0 Å². The van der Waals surface area contributed by atoms with Gasteiger partial charge in [-0.15, -0.1) is 0 Å². The summed E-state index contributed by atoms with van der Waals surface area (Å²) in [4.78, 5) is 0. The molecule has 0 aliphatic heterocycles. The molecule has 4 nitrogen and oxygen atoms in total. The van der Waals surface area contributed by atoms with Gasteiger partial charge in [-0.2, -0.15) is 10.5 Å². The van der Waals surface area contributed by atoms with E-state index in [-0.39, 0.29) is 18.0 Å². The maximum absolute atomic E-state index is 14.7. The molecule has 1 N–H and O–H groups in total. The lowest BCUT2D eigenvalue weighted by molar-refractivity contribution is 0.294. The zero-order valence-electron chi connectivity index (χ0n) is 13.1. The Kier molecular flexibility index (Phi) is 5.70. The first kappa shape index (κ1) is 17.2. The summed E-state index contributed by atoms with van der Waals surface area (Å²) in [6.45, 7) is 2.11. The quantitative estimate of drug-likeness (QED) is 0.785. The van der Waals surface area contributed by atoms with E-state index in [4.69, 9.17) is 15.3 Å². The number of unbranched alkanes of at least 4 members (excludes halogenated alkanes) is 1. The molecule has 0 fully saturated rings. The molecular weight excluding hydrogens is 312 g/mol. The molecule has 2 rings (SSSR count). The molecule has 0 saturated heterocycles. The minimum atomic E-state index is -1.04. The van der Waals surface area contributed by atoms with Gasteiger partial charge < -0.3 is 10.1 Å². The number of hydrogen-bond acceptors (Lipinski definition) is 4. The van der Waals surface area contributed by atoms with Crippen molar-refractivity contribution < 1.29 is 13.5 Å². The lowest BCUT2D eigenvalue weighted by Gasteiger charge is -2.16. The molecule has 0 atom stereocenters. The molecule has 0 amide bonds. The van der Waals surface area contributed by atoms with E-state index in [0.29, 0.717) is 12.1 Å². The van der Waals surface area contributed by atoms with Gasteiger partial charge in [0.1, 0.15) is 29.0 Å². The van der Waals surface area contributed by atoms with Gasteiger partial charge in [0.05, 0.1) is 6.61 Å². The minimum Gasteiger partial charge on any atom is -0.488 e. The van der Waals surface area contributed by atoms with Crippen molar-refractivity contribution in [3.8, 4) is 17.9 Å². The molecule has 2 aromatic rings. The molecule has 0 spiro atoms. The number of para-hydroxylation sites is 1. The third kappa shape index (κ3) is 3.44. The second-order valence-electron chi connectivity index (χ2n) is 5.00. The fraction of sp³-hybridized carbons (Fsp3) is 0.222. The zero-order valence-corrected chi connectivity index (χ0v) is 13.1. The van der Waals surface area contributed by atoms with Crippen molar-refractivity contribution in [2.75, 3.05) is 11.9 Å². The van der Waals surface area contributed by atoms with Crippen LogP contribution in [0, 0.1) is 34.3 Å². The normalized spacial score (nSPS) is 9.88. The summed E-state index contributed by atoms with van der Waals surface area (Å²) >= 11 is 0. The van der Waals surface area contributed by atoms with E-state index >= 15 is 0 Å². The van der Waals surface area contributed by atoms with E-state index in [2.05, 4.69) is 5.32 Å². The van der Waals surface area contributed by atoms with Crippen LogP contribution in [-0.2, 0) is 0 Å². The molecule has 0 aliphatic carbocycles. The molecule has 24 heavy (non-hydrogen) atoms. The van der Waals surface area contributed by atoms with E-state index in [1.165, 1.54) is 6.07 Å². The van der Waals surface area contributed by atoms with Crippen LogP contribution in [-0.4, -0.2) is 6.61 Å². The first-order valence-corrected chi connectivity index (χ1v) is 7.44. The topological polar surface area (TPSA) is 68.8 Å². The Morgan fingerprint density at radius 1 is 1.04 bits per heavy atom. The fourth-order valence-corrected chi connectivity index (χ4v) is 2.11. The summed E-state index contributed by atoms with van der Waals surface area (Å²) in [5, 5.41) is 20.9. The van der Waals surface area contributed by atoms with Crippen molar-refractivity contribution in [2.45, 2.75) is 19.8 Å². The molecule has 0 bridgehead atoms. The van der Waals surface area contributed by atoms with Crippen molar-refractivity contribution in [1.82, 2.24) is 0 Å². The van der Waals surface area contributed by atoms with Crippen LogP contribution in [0.2, 0.25) is 0 Å². The highest BCUT2D eigenvalue weighted by Gasteiger charge is 2.26. The highest BCUT2D eigenvalue weighted by atomic mass is 19.1. The highest BCUT2D eigenvalue weighted by molar-refractivity contribution is 5.72. The molecule has 0 aliphatic rings. The summed E-state index contributed by atoms with van der Waals surface area (Å²) in [5.41, 5.74) is -1.08. The lowest BCUT2D eigenvalue weighted by atomic mass is 10.1. The molecule has 0 unspecified atom stereocenters. The van der Waals surface area contributed by atoms with Gasteiger partial charge in [0.15, 0.2) is 17.4 Å². The van der Waals surface area contributed by atoms with Crippen LogP contribution in [0.4, 0.5) is 20.2 Å². The number of anilines is 2. The van der Waals surface area contributed by atoms with Crippen molar-refractivity contribution in [2.24, 2.45) is 0 Å². The smallest absolute Gasteiger partial charge is 0.186 e. The Balaban J connectivity index is 2.59. The average molecular weight is 327 g/mol. The molecule has 122 valence electrons. The Morgan fingerprint density at radius 2 is 1.67 bits per heavy atom. The third-order valence-electron chi connectivity index (χ3n) is 3.35. The van der Waals surface area contributed by atoms with Gasteiger partial charge in [-0.3, -0.25) is 0 Å². The van der Waals surface area contributed by atoms with Crippen LogP contribution in [0.15, 0.2) is 30.3 Å². The van der Waals surface area contributed by atoms with E-state index in [1.807, 2.05) is 6.92 Å². The molecule has 0 aromatic heterocycles. The van der Waals surface area contributed by atoms with E-state index in [0.717, 1.165) is 6.42 Å². The van der Waals surface area contributed by atoms with Crippen LogP contribution in [0.1, 0.15) is 30.9 Å². The summed E-state index contributed by atoms with van der Waals surface area (Å²) in [6.07, 6.45) is 1.46. The van der Waals surface area contributed by atoms with Gasteiger partial charge in [-0.1, -0.05) is 31.5 Å². The van der Waals surface area contributed by atoms with Gasteiger partial charge in [0.25, 0.3) is 0 Å². The molecule has 6 heteroatoms. The largest absolute Gasteiger partial charge is 0.488 e. The number of nitriles is 2. The standard InChI is InChI=1S/C18H15F2N3O/c1-2-3-9-24-18-16(20)14(11-22)13(10-21)15(19)17(18)23-12-7-5-4-6-8-12/h4-8,23H,2-3,9H2,1H3. The second-order valence-corrected chi connectivity index (χ2v) is 5.00. The fourth-order valence-electron chi connectivity index (χ4n) is 2.11. The van der Waals surface area contributed by atoms with Crippen molar-refractivity contribution in [3.05, 3.63) is 53.1 Å². The third-order valence-corrected chi connectivity index (χ3v) is 3.35. The summed E-state index contributed by atoms with van der Waals surface area (Å²) in [5.74, 6) is -2.43. The summed E-state index contributed by atoms with van der Waals surface area (Å²) in [6, 6.07) is 11.6. The Morgan fingerprint density at radius 3 is 2.25 bits per heavy atom. The number of halogens is 2. The van der Waals surface area contributed by atoms with E-state index in [9.17, 15) is 8.78 Å². The molecule has 0 radical (unpaired) electrons. The number of rotatable bonds is 6. The molecule has 0 saturated carbocycles. The first-order chi connectivity index (χ1) is 11.6. The van der Waals surface area contributed by atoms with Gasteiger partial charge in [-0.25, -0.2) is 8.78 Å². The SMILES string of the molecule is CCCCOc1c(F)c(C#N)c(C#N)c(F)c1Nc1ccccc1. The van der Waals surface area contributed by atoms with Gasteiger partial charge in [0.2, 0.25) is 0 Å².